The van der Waals surface area contributed by atoms with Crippen LogP contribution in [0.15, 0.2) is 18.5 Å². The molecule has 3 atom stereocenters. The third kappa shape index (κ3) is 3.93. The zero-order chi connectivity index (χ0) is 13.8. The molecule has 3 unspecified atom stereocenters. The Balaban J connectivity index is 2.07. The van der Waals surface area contributed by atoms with Gasteiger partial charge in [-0.15, -0.1) is 0 Å². The van der Waals surface area contributed by atoms with Crippen molar-refractivity contribution in [2.24, 2.45) is 11.8 Å². The molecule has 106 valence electrons. The minimum Gasteiger partial charge on any atom is -0.489 e. The topological polar surface area (TPSA) is 42.4 Å². The van der Waals surface area contributed by atoms with Crippen LogP contribution >= 0.6 is 0 Å². The molecule has 2 rings (SSSR count). The predicted molar refractivity (Wildman–Crippen MR) is 76.1 cm³/mol. The van der Waals surface area contributed by atoms with Gasteiger partial charge < -0.3 is 9.84 Å². The molecule has 0 aromatic carbocycles. The van der Waals surface area contributed by atoms with Crippen molar-refractivity contribution in [1.82, 2.24) is 4.98 Å². The van der Waals surface area contributed by atoms with Crippen LogP contribution in [0, 0.1) is 11.8 Å². The Hall–Kier alpha value is -1.09. The van der Waals surface area contributed by atoms with Crippen LogP contribution in [0.3, 0.4) is 0 Å². The summed E-state index contributed by atoms with van der Waals surface area (Å²) in [6, 6.07) is 1.93. The fourth-order valence-corrected chi connectivity index (χ4v) is 2.97. The van der Waals surface area contributed by atoms with E-state index in [9.17, 15) is 5.11 Å². The highest BCUT2D eigenvalue weighted by Gasteiger charge is 2.26. The van der Waals surface area contributed by atoms with Crippen molar-refractivity contribution in [3.05, 3.63) is 24.0 Å². The smallest absolute Gasteiger partial charge is 0.138 e. The molecule has 1 heterocycles. The zero-order valence-corrected chi connectivity index (χ0v) is 12.2. The van der Waals surface area contributed by atoms with Gasteiger partial charge in [0.2, 0.25) is 0 Å². The maximum absolute atomic E-state index is 10.5. The van der Waals surface area contributed by atoms with E-state index in [2.05, 4.69) is 11.9 Å². The number of hydrogen-bond donors (Lipinski definition) is 1. The number of ether oxygens (including phenoxy) is 1. The van der Waals surface area contributed by atoms with E-state index in [0.717, 1.165) is 30.1 Å². The van der Waals surface area contributed by atoms with Crippen LogP contribution in [0.1, 0.15) is 58.1 Å². The first-order valence-corrected chi connectivity index (χ1v) is 7.36. The van der Waals surface area contributed by atoms with Gasteiger partial charge in [-0.25, -0.2) is 0 Å². The average molecular weight is 263 g/mol. The van der Waals surface area contributed by atoms with Gasteiger partial charge in [0.15, 0.2) is 0 Å². The number of aromatic nitrogens is 1. The van der Waals surface area contributed by atoms with Crippen molar-refractivity contribution in [2.45, 2.75) is 58.7 Å². The summed E-state index contributed by atoms with van der Waals surface area (Å²) in [5, 5.41) is 10.5. The van der Waals surface area contributed by atoms with Crippen LogP contribution in [0.25, 0.3) is 0 Å². The molecular formula is C16H25NO2. The first-order chi connectivity index (χ1) is 9.06. The number of pyridine rings is 1. The van der Waals surface area contributed by atoms with Crippen LogP contribution < -0.4 is 4.74 Å². The van der Waals surface area contributed by atoms with Gasteiger partial charge in [-0.1, -0.05) is 19.8 Å². The van der Waals surface area contributed by atoms with Crippen molar-refractivity contribution in [3.8, 4) is 5.75 Å². The van der Waals surface area contributed by atoms with Gasteiger partial charge >= 0.3 is 0 Å². The lowest BCUT2D eigenvalue weighted by Gasteiger charge is -2.30. The molecule has 0 radical (unpaired) electrons. The van der Waals surface area contributed by atoms with Crippen LogP contribution in [0.5, 0.6) is 5.75 Å². The molecule has 1 fully saturated rings. The number of aliphatic hydroxyl groups excluding tert-OH is 1. The Morgan fingerprint density at radius 1 is 1.32 bits per heavy atom. The van der Waals surface area contributed by atoms with Crippen molar-refractivity contribution in [1.29, 1.82) is 0 Å². The van der Waals surface area contributed by atoms with Gasteiger partial charge in [0.25, 0.3) is 0 Å². The molecule has 0 aliphatic heterocycles. The summed E-state index contributed by atoms with van der Waals surface area (Å²) in [6.45, 7) is 6.26. The highest BCUT2D eigenvalue weighted by Crippen LogP contribution is 2.37. The van der Waals surface area contributed by atoms with Crippen molar-refractivity contribution in [2.75, 3.05) is 0 Å². The molecule has 1 aromatic heterocycles. The standard InChI is InChI=1S/C16H25NO2/c1-11(2)19-15-8-14(9-17-10-15)16(18)13-6-4-5-12(3)7-13/h8-13,16,18H,4-7H2,1-3H3. The predicted octanol–water partition coefficient (Wildman–Crippen LogP) is 3.73. The monoisotopic (exact) mass is 263 g/mol. The molecule has 0 saturated heterocycles. The minimum atomic E-state index is -0.411. The molecule has 0 bridgehead atoms. The van der Waals surface area contributed by atoms with E-state index in [1.165, 1.54) is 12.8 Å². The normalized spacial score (nSPS) is 25.3. The SMILES string of the molecule is CC1CCCC(C(O)c2cncc(OC(C)C)c2)C1. The van der Waals surface area contributed by atoms with Gasteiger partial charge in [-0.2, -0.15) is 0 Å². The summed E-state index contributed by atoms with van der Waals surface area (Å²) in [4.78, 5) is 4.19. The maximum Gasteiger partial charge on any atom is 0.138 e. The van der Waals surface area contributed by atoms with Crippen LogP contribution in [0.2, 0.25) is 0 Å². The zero-order valence-electron chi connectivity index (χ0n) is 12.2. The van der Waals surface area contributed by atoms with Gasteiger partial charge in [-0.05, 0) is 44.6 Å². The van der Waals surface area contributed by atoms with Crippen molar-refractivity contribution >= 4 is 0 Å². The van der Waals surface area contributed by atoms with E-state index >= 15 is 0 Å². The molecule has 19 heavy (non-hydrogen) atoms. The number of rotatable bonds is 4. The summed E-state index contributed by atoms with van der Waals surface area (Å²) < 4.78 is 5.64. The van der Waals surface area contributed by atoms with E-state index in [1.807, 2.05) is 19.9 Å². The summed E-state index contributed by atoms with van der Waals surface area (Å²) in [7, 11) is 0. The second kappa shape index (κ2) is 6.38. The molecule has 0 amide bonds. The van der Waals surface area contributed by atoms with E-state index in [0.29, 0.717) is 5.92 Å². The Kier molecular flexibility index (Phi) is 4.81. The highest BCUT2D eigenvalue weighted by molar-refractivity contribution is 5.25. The second-order valence-electron chi connectivity index (χ2n) is 6.10. The third-order valence-corrected chi connectivity index (χ3v) is 3.87. The first kappa shape index (κ1) is 14.3. The van der Waals surface area contributed by atoms with E-state index in [4.69, 9.17) is 4.74 Å². The van der Waals surface area contributed by atoms with Gasteiger partial charge in [0.05, 0.1) is 18.4 Å². The maximum atomic E-state index is 10.5. The fraction of sp³-hybridized carbons (Fsp3) is 0.688. The second-order valence-corrected chi connectivity index (χ2v) is 6.10. The quantitative estimate of drug-likeness (QED) is 0.900. The summed E-state index contributed by atoms with van der Waals surface area (Å²) in [5.74, 6) is 1.83. The van der Waals surface area contributed by atoms with Crippen molar-refractivity contribution < 1.29 is 9.84 Å². The first-order valence-electron chi connectivity index (χ1n) is 7.36. The van der Waals surface area contributed by atoms with E-state index < -0.39 is 6.10 Å². The molecule has 1 saturated carbocycles. The number of aliphatic hydroxyl groups is 1. The van der Waals surface area contributed by atoms with Crippen molar-refractivity contribution in [3.63, 3.8) is 0 Å². The molecule has 1 N–H and O–H groups in total. The lowest BCUT2D eigenvalue weighted by atomic mass is 9.78. The Bertz CT molecular complexity index is 405. The molecular weight excluding hydrogens is 238 g/mol. The van der Waals surface area contributed by atoms with Gasteiger partial charge in [-0.3, -0.25) is 4.98 Å². The molecule has 1 aromatic rings. The molecule has 1 aliphatic rings. The fourth-order valence-electron chi connectivity index (χ4n) is 2.97. The lowest BCUT2D eigenvalue weighted by Crippen LogP contribution is -2.20. The summed E-state index contributed by atoms with van der Waals surface area (Å²) in [5.41, 5.74) is 0.886. The molecule has 0 spiro atoms. The van der Waals surface area contributed by atoms with Crippen LogP contribution in [-0.4, -0.2) is 16.2 Å². The number of hydrogen-bond acceptors (Lipinski definition) is 3. The van der Waals surface area contributed by atoms with Crippen LogP contribution in [0.4, 0.5) is 0 Å². The summed E-state index contributed by atoms with van der Waals surface area (Å²) in [6.07, 6.45) is 7.92. The molecule has 3 nitrogen and oxygen atoms in total. The summed E-state index contributed by atoms with van der Waals surface area (Å²) >= 11 is 0. The van der Waals surface area contributed by atoms with E-state index in [1.54, 1.807) is 12.4 Å². The molecule has 3 heteroatoms. The number of nitrogens with zero attached hydrogens (tertiary/aromatic N) is 1. The largest absolute Gasteiger partial charge is 0.489 e. The molecule has 1 aliphatic carbocycles. The third-order valence-electron chi connectivity index (χ3n) is 3.87. The lowest BCUT2D eigenvalue weighted by molar-refractivity contribution is 0.0708. The van der Waals surface area contributed by atoms with Gasteiger partial charge in [0, 0.05) is 11.8 Å². The average Bonchev–Trinajstić information content (AvgIpc) is 2.37. The Morgan fingerprint density at radius 3 is 2.79 bits per heavy atom. The minimum absolute atomic E-state index is 0.129. The van der Waals surface area contributed by atoms with Gasteiger partial charge in [0.1, 0.15) is 5.75 Å². The van der Waals surface area contributed by atoms with Crippen LogP contribution in [-0.2, 0) is 0 Å². The Labute approximate surface area is 116 Å². The van der Waals surface area contributed by atoms with E-state index in [-0.39, 0.29) is 6.10 Å². The highest BCUT2D eigenvalue weighted by atomic mass is 16.5. The Morgan fingerprint density at radius 2 is 2.11 bits per heavy atom.